The highest BCUT2D eigenvalue weighted by atomic mass is 16.5. The van der Waals surface area contributed by atoms with Gasteiger partial charge in [-0.3, -0.25) is 9.59 Å². The first-order valence-electron chi connectivity index (χ1n) is 9.64. The van der Waals surface area contributed by atoms with Gasteiger partial charge in [0.25, 0.3) is 5.56 Å². The average molecular weight is 367 g/mol. The lowest BCUT2D eigenvalue weighted by atomic mass is 10.0. The van der Waals surface area contributed by atoms with Crippen LogP contribution < -0.4 is 10.3 Å². The lowest BCUT2D eigenvalue weighted by Gasteiger charge is -2.20. The first kappa shape index (κ1) is 17.8. The smallest absolute Gasteiger partial charge is 0.254 e. The number of hydrogen-bond donors (Lipinski definition) is 1. The van der Waals surface area contributed by atoms with Crippen molar-refractivity contribution in [3.63, 3.8) is 0 Å². The van der Waals surface area contributed by atoms with Crippen molar-refractivity contribution in [1.82, 2.24) is 14.9 Å². The minimum Gasteiger partial charge on any atom is -0.490 e. The summed E-state index contributed by atoms with van der Waals surface area (Å²) in [5.41, 5.74) is 3.90. The van der Waals surface area contributed by atoms with E-state index < -0.39 is 0 Å². The summed E-state index contributed by atoms with van der Waals surface area (Å²) in [7, 11) is 0. The molecule has 0 saturated carbocycles. The Bertz CT molecular complexity index is 935. The number of aryl methyl sites for hydroxylation is 2. The van der Waals surface area contributed by atoms with Crippen molar-refractivity contribution >= 4 is 5.91 Å². The molecule has 0 bridgehead atoms. The molecule has 1 amide bonds. The number of rotatable bonds is 3. The number of carbonyl (C=O) groups excluding carboxylic acids is 1. The Morgan fingerprint density at radius 3 is 3.00 bits per heavy atom. The number of carbonyl (C=O) groups is 1. The van der Waals surface area contributed by atoms with Crippen molar-refractivity contribution in [3.8, 4) is 5.75 Å². The topological polar surface area (TPSA) is 75.3 Å². The van der Waals surface area contributed by atoms with Crippen LogP contribution in [-0.4, -0.2) is 40.0 Å². The van der Waals surface area contributed by atoms with E-state index in [1.54, 1.807) is 6.92 Å². The van der Waals surface area contributed by atoms with Crippen molar-refractivity contribution in [2.45, 2.75) is 52.1 Å². The van der Waals surface area contributed by atoms with Crippen LogP contribution in [0, 0.1) is 6.92 Å². The number of benzene rings is 1. The summed E-state index contributed by atoms with van der Waals surface area (Å²) in [4.78, 5) is 33.9. The fourth-order valence-corrected chi connectivity index (χ4v) is 4.02. The van der Waals surface area contributed by atoms with Gasteiger partial charge in [0, 0.05) is 37.9 Å². The Morgan fingerprint density at radius 1 is 1.33 bits per heavy atom. The number of hydrogen-bond acceptors (Lipinski definition) is 4. The summed E-state index contributed by atoms with van der Waals surface area (Å²) in [6.07, 6.45) is 3.58. The maximum atomic E-state index is 12.7. The largest absolute Gasteiger partial charge is 0.490 e. The fourth-order valence-electron chi connectivity index (χ4n) is 4.02. The number of amides is 1. The predicted molar refractivity (Wildman–Crippen MR) is 102 cm³/mol. The van der Waals surface area contributed by atoms with Crippen molar-refractivity contribution in [2.24, 2.45) is 0 Å². The van der Waals surface area contributed by atoms with Crippen molar-refractivity contribution < 1.29 is 9.53 Å². The molecule has 2 aliphatic rings. The molecule has 0 fully saturated rings. The number of aromatic nitrogens is 2. The highest BCUT2D eigenvalue weighted by Crippen LogP contribution is 2.29. The first-order valence-corrected chi connectivity index (χ1v) is 9.64. The third kappa shape index (κ3) is 3.75. The summed E-state index contributed by atoms with van der Waals surface area (Å²) >= 11 is 0. The summed E-state index contributed by atoms with van der Waals surface area (Å²) in [6, 6.07) is 6.23. The molecule has 6 nitrogen and oxygen atoms in total. The second kappa shape index (κ2) is 7.18. The highest BCUT2D eigenvalue weighted by Gasteiger charge is 2.22. The molecular formula is C21H25N3O3. The summed E-state index contributed by atoms with van der Waals surface area (Å²) in [5.74, 6) is 1.74. The molecule has 2 aromatic rings. The SMILES string of the molecule is Cc1nc2c(c(=O)[nH]1)CCN(C(=O)CCc1ccc3c(c1)C[C@H](C)O3)CC2. The van der Waals surface area contributed by atoms with E-state index in [2.05, 4.69) is 29.0 Å². The summed E-state index contributed by atoms with van der Waals surface area (Å²) in [5, 5.41) is 0. The molecule has 1 aromatic heterocycles. The van der Waals surface area contributed by atoms with Crippen LogP contribution in [0.3, 0.4) is 0 Å². The molecule has 142 valence electrons. The third-order valence-electron chi connectivity index (χ3n) is 5.41. The van der Waals surface area contributed by atoms with Crippen LogP contribution >= 0.6 is 0 Å². The van der Waals surface area contributed by atoms with Crippen LogP contribution in [-0.2, 0) is 30.5 Å². The summed E-state index contributed by atoms with van der Waals surface area (Å²) < 4.78 is 5.74. The first-order chi connectivity index (χ1) is 13.0. The van der Waals surface area contributed by atoms with Crippen molar-refractivity contribution in [3.05, 3.63) is 56.8 Å². The second-order valence-corrected chi connectivity index (χ2v) is 7.53. The second-order valence-electron chi connectivity index (χ2n) is 7.53. The average Bonchev–Trinajstić information content (AvgIpc) is 2.85. The van der Waals surface area contributed by atoms with E-state index in [4.69, 9.17) is 4.74 Å². The molecule has 2 aliphatic heterocycles. The van der Waals surface area contributed by atoms with E-state index >= 15 is 0 Å². The molecule has 0 unspecified atom stereocenters. The van der Waals surface area contributed by atoms with Crippen LogP contribution in [0.25, 0.3) is 0 Å². The number of H-pyrrole nitrogens is 1. The standard InChI is InChI=1S/C21H25N3O3/c1-13-11-16-12-15(3-5-19(16)27-13)4-6-20(25)24-9-7-17-18(8-10-24)22-14(2)23-21(17)26/h3,5,12-13H,4,6-11H2,1-2H3,(H,22,23,26)/t13-/m0/s1. The summed E-state index contributed by atoms with van der Waals surface area (Å²) in [6.45, 7) is 5.06. The van der Waals surface area contributed by atoms with Gasteiger partial charge >= 0.3 is 0 Å². The van der Waals surface area contributed by atoms with Gasteiger partial charge in [-0.15, -0.1) is 0 Å². The minimum atomic E-state index is -0.0682. The van der Waals surface area contributed by atoms with Crippen LogP contribution in [0.15, 0.2) is 23.0 Å². The number of nitrogens with zero attached hydrogens (tertiary/aromatic N) is 2. The van der Waals surface area contributed by atoms with Gasteiger partial charge in [0.1, 0.15) is 17.7 Å². The van der Waals surface area contributed by atoms with Gasteiger partial charge in [0.2, 0.25) is 5.91 Å². The molecule has 0 radical (unpaired) electrons. The lowest BCUT2D eigenvalue weighted by Crippen LogP contribution is -2.33. The molecule has 0 saturated heterocycles. The number of nitrogens with one attached hydrogen (secondary N) is 1. The normalized spacial score (nSPS) is 18.4. The maximum absolute atomic E-state index is 12.7. The molecule has 4 rings (SSSR count). The molecule has 1 atom stereocenters. The molecule has 1 aromatic carbocycles. The van der Waals surface area contributed by atoms with Gasteiger partial charge in [0.05, 0.1) is 5.69 Å². The molecule has 6 heteroatoms. The number of ether oxygens (including phenoxy) is 1. The minimum absolute atomic E-state index is 0.0682. The predicted octanol–water partition coefficient (Wildman–Crippen LogP) is 1.96. The Hall–Kier alpha value is -2.63. The fraction of sp³-hybridized carbons (Fsp3) is 0.476. The number of fused-ring (bicyclic) bond motifs is 2. The monoisotopic (exact) mass is 367 g/mol. The van der Waals surface area contributed by atoms with Crippen LogP contribution in [0.4, 0.5) is 0 Å². The van der Waals surface area contributed by atoms with Gasteiger partial charge in [-0.25, -0.2) is 4.98 Å². The Morgan fingerprint density at radius 2 is 2.15 bits per heavy atom. The van der Waals surface area contributed by atoms with E-state index in [0.717, 1.165) is 29.8 Å². The van der Waals surface area contributed by atoms with E-state index in [1.165, 1.54) is 11.1 Å². The quantitative estimate of drug-likeness (QED) is 0.900. The van der Waals surface area contributed by atoms with E-state index in [1.807, 2.05) is 11.0 Å². The zero-order chi connectivity index (χ0) is 19.0. The maximum Gasteiger partial charge on any atom is 0.254 e. The van der Waals surface area contributed by atoms with Gasteiger partial charge in [-0.1, -0.05) is 12.1 Å². The van der Waals surface area contributed by atoms with E-state index in [-0.39, 0.29) is 17.6 Å². The Balaban J connectivity index is 1.38. The van der Waals surface area contributed by atoms with Crippen molar-refractivity contribution in [1.29, 1.82) is 0 Å². The van der Waals surface area contributed by atoms with Crippen molar-refractivity contribution in [2.75, 3.05) is 13.1 Å². The lowest BCUT2D eigenvalue weighted by molar-refractivity contribution is -0.131. The van der Waals surface area contributed by atoms with E-state index in [9.17, 15) is 9.59 Å². The van der Waals surface area contributed by atoms with Gasteiger partial charge in [0.15, 0.2) is 0 Å². The zero-order valence-corrected chi connectivity index (χ0v) is 15.9. The third-order valence-corrected chi connectivity index (χ3v) is 5.41. The van der Waals surface area contributed by atoms with Crippen LogP contribution in [0.5, 0.6) is 5.75 Å². The van der Waals surface area contributed by atoms with Gasteiger partial charge < -0.3 is 14.6 Å². The van der Waals surface area contributed by atoms with Gasteiger partial charge in [-0.05, 0) is 43.9 Å². The van der Waals surface area contributed by atoms with Crippen LogP contribution in [0.2, 0.25) is 0 Å². The molecule has 3 heterocycles. The zero-order valence-electron chi connectivity index (χ0n) is 15.9. The Labute approximate surface area is 158 Å². The van der Waals surface area contributed by atoms with Crippen LogP contribution in [0.1, 0.15) is 41.6 Å². The Kier molecular flexibility index (Phi) is 4.72. The van der Waals surface area contributed by atoms with Gasteiger partial charge in [-0.2, -0.15) is 0 Å². The molecule has 0 aliphatic carbocycles. The molecule has 27 heavy (non-hydrogen) atoms. The van der Waals surface area contributed by atoms with E-state index in [0.29, 0.717) is 38.2 Å². The highest BCUT2D eigenvalue weighted by molar-refractivity contribution is 5.76. The molecular weight excluding hydrogens is 342 g/mol. The molecule has 1 N–H and O–H groups in total. The number of aromatic amines is 1. The molecule has 0 spiro atoms.